The van der Waals surface area contributed by atoms with Crippen molar-refractivity contribution >= 4 is 45.1 Å². The summed E-state index contributed by atoms with van der Waals surface area (Å²) in [5, 5.41) is 20.8. The predicted molar refractivity (Wildman–Crippen MR) is 98.3 cm³/mol. The Balaban J connectivity index is 1.71. The van der Waals surface area contributed by atoms with Crippen LogP contribution in [0.15, 0.2) is 45.6 Å². The van der Waals surface area contributed by atoms with Gasteiger partial charge in [-0.25, -0.2) is 4.98 Å². The number of ether oxygens (including phenoxy) is 2. The highest BCUT2D eigenvalue weighted by atomic mass is 32.2. The van der Waals surface area contributed by atoms with Crippen LogP contribution in [0.25, 0.3) is 16.3 Å². The van der Waals surface area contributed by atoms with Gasteiger partial charge >= 0.3 is 0 Å². The van der Waals surface area contributed by atoms with Crippen LogP contribution in [0.1, 0.15) is 5.56 Å². The van der Waals surface area contributed by atoms with Crippen LogP contribution in [-0.4, -0.2) is 16.7 Å². The van der Waals surface area contributed by atoms with E-state index < -0.39 is 4.92 Å². The average molecular weight is 383 g/mol. The van der Waals surface area contributed by atoms with Crippen LogP contribution >= 0.6 is 23.1 Å². The van der Waals surface area contributed by atoms with Gasteiger partial charge in [-0.1, -0.05) is 12.1 Å². The third-order valence-electron chi connectivity index (χ3n) is 3.59. The zero-order chi connectivity index (χ0) is 18.1. The molecule has 2 aromatic carbocycles. The number of nitro groups is 1. The minimum absolute atomic E-state index is 0.0191. The van der Waals surface area contributed by atoms with Crippen molar-refractivity contribution in [1.82, 2.24) is 4.98 Å². The van der Waals surface area contributed by atoms with Crippen LogP contribution in [0.2, 0.25) is 0 Å². The molecule has 128 valence electrons. The highest BCUT2D eigenvalue weighted by Crippen LogP contribution is 2.40. The van der Waals surface area contributed by atoms with E-state index in [1.807, 2.05) is 24.3 Å². The molecule has 1 aliphatic rings. The lowest BCUT2D eigenvalue weighted by molar-refractivity contribution is -0.385. The molecule has 26 heavy (non-hydrogen) atoms. The molecule has 0 spiro atoms. The van der Waals surface area contributed by atoms with E-state index in [0.717, 1.165) is 10.2 Å². The first-order valence-corrected chi connectivity index (χ1v) is 9.00. The van der Waals surface area contributed by atoms with E-state index in [2.05, 4.69) is 11.1 Å². The number of benzene rings is 2. The molecule has 9 heteroatoms. The minimum atomic E-state index is -0.509. The van der Waals surface area contributed by atoms with Crippen LogP contribution in [0.4, 0.5) is 5.69 Å². The van der Waals surface area contributed by atoms with Crippen molar-refractivity contribution in [2.24, 2.45) is 0 Å². The third-order valence-corrected chi connectivity index (χ3v) is 5.61. The number of fused-ring (bicyclic) bond motifs is 2. The van der Waals surface area contributed by atoms with E-state index in [1.165, 1.54) is 41.3 Å². The Hall–Kier alpha value is -3.09. The Morgan fingerprint density at radius 1 is 1.35 bits per heavy atom. The van der Waals surface area contributed by atoms with Gasteiger partial charge in [-0.3, -0.25) is 10.1 Å². The monoisotopic (exact) mass is 383 g/mol. The lowest BCUT2D eigenvalue weighted by Gasteiger charge is -2.02. The third kappa shape index (κ3) is 3.08. The SMILES string of the molecule is N#CC(=Cc1cc2c(cc1[N+](=O)[O-])OCO2)Sc1nc2ccccc2s1. The van der Waals surface area contributed by atoms with Gasteiger partial charge < -0.3 is 9.47 Å². The lowest BCUT2D eigenvalue weighted by Crippen LogP contribution is -1.93. The number of nitro benzene ring substituents is 1. The van der Waals surface area contributed by atoms with Gasteiger partial charge in [0.25, 0.3) is 5.69 Å². The maximum absolute atomic E-state index is 11.3. The van der Waals surface area contributed by atoms with Crippen LogP contribution in [0.5, 0.6) is 11.5 Å². The second-order valence-corrected chi connectivity index (χ2v) is 7.51. The van der Waals surface area contributed by atoms with Crippen LogP contribution < -0.4 is 9.47 Å². The Morgan fingerprint density at radius 3 is 2.85 bits per heavy atom. The zero-order valence-corrected chi connectivity index (χ0v) is 14.7. The standard InChI is InChI=1S/C17H9N3O4S2/c18-8-11(25-17-19-12-3-1-2-4-16(12)26-17)5-10-6-14-15(24-9-23-14)7-13(10)20(21)22/h1-7H,9H2. The molecule has 0 atom stereocenters. The Morgan fingerprint density at radius 2 is 2.12 bits per heavy atom. The van der Waals surface area contributed by atoms with Gasteiger partial charge in [0.2, 0.25) is 6.79 Å². The minimum Gasteiger partial charge on any atom is -0.454 e. The number of hydrogen-bond donors (Lipinski definition) is 0. The Bertz CT molecular complexity index is 1070. The smallest absolute Gasteiger partial charge is 0.280 e. The first kappa shape index (κ1) is 16.4. The van der Waals surface area contributed by atoms with Crippen molar-refractivity contribution in [3.8, 4) is 17.6 Å². The molecule has 0 bridgehead atoms. The molecular weight excluding hydrogens is 374 g/mol. The Kier molecular flexibility index (Phi) is 4.20. The van der Waals surface area contributed by atoms with Crippen LogP contribution in [0, 0.1) is 21.4 Å². The fourth-order valence-electron chi connectivity index (χ4n) is 2.44. The fraction of sp³-hybridized carbons (Fsp3) is 0.0588. The van der Waals surface area contributed by atoms with Crippen molar-refractivity contribution in [1.29, 1.82) is 5.26 Å². The number of rotatable bonds is 4. The molecule has 0 fully saturated rings. The number of nitriles is 1. The molecule has 0 saturated carbocycles. The summed E-state index contributed by atoms with van der Waals surface area (Å²) in [6.07, 6.45) is 1.47. The first-order chi connectivity index (χ1) is 12.6. The van der Waals surface area contributed by atoms with Crippen molar-refractivity contribution in [3.63, 3.8) is 0 Å². The van der Waals surface area contributed by atoms with E-state index in [9.17, 15) is 15.4 Å². The van der Waals surface area contributed by atoms with Crippen molar-refractivity contribution < 1.29 is 14.4 Å². The normalized spacial score (nSPS) is 13.0. The quantitative estimate of drug-likeness (QED) is 0.281. The summed E-state index contributed by atoms with van der Waals surface area (Å²) in [5.41, 5.74) is 0.989. The average Bonchev–Trinajstić information content (AvgIpc) is 3.25. The topological polar surface area (TPSA) is 98.3 Å². The summed E-state index contributed by atoms with van der Waals surface area (Å²) in [4.78, 5) is 15.6. The molecule has 4 rings (SSSR count). The van der Waals surface area contributed by atoms with Gasteiger partial charge in [0.15, 0.2) is 15.8 Å². The van der Waals surface area contributed by atoms with Gasteiger partial charge in [0, 0.05) is 0 Å². The fourth-order valence-corrected chi connectivity index (χ4v) is 4.40. The zero-order valence-electron chi connectivity index (χ0n) is 13.0. The molecule has 0 amide bonds. The second kappa shape index (κ2) is 6.67. The van der Waals surface area contributed by atoms with E-state index in [1.54, 1.807) is 0 Å². The molecule has 2 heterocycles. The maximum atomic E-state index is 11.3. The van der Waals surface area contributed by atoms with E-state index in [4.69, 9.17) is 9.47 Å². The molecule has 1 aliphatic heterocycles. The summed E-state index contributed by atoms with van der Waals surface area (Å²) >= 11 is 2.64. The van der Waals surface area contributed by atoms with Gasteiger partial charge in [-0.05, 0) is 36.0 Å². The number of allylic oxidation sites excluding steroid dienone is 1. The lowest BCUT2D eigenvalue weighted by atomic mass is 10.1. The molecule has 0 saturated heterocycles. The van der Waals surface area contributed by atoms with Crippen LogP contribution in [0.3, 0.4) is 0 Å². The summed E-state index contributed by atoms with van der Waals surface area (Å²) in [5.74, 6) is 0.746. The van der Waals surface area contributed by atoms with Gasteiger partial charge in [-0.2, -0.15) is 5.26 Å². The highest BCUT2D eigenvalue weighted by Gasteiger charge is 2.23. The summed E-state index contributed by atoms with van der Waals surface area (Å²) < 4.78 is 12.2. The largest absolute Gasteiger partial charge is 0.454 e. The molecule has 0 N–H and O–H groups in total. The maximum Gasteiger partial charge on any atom is 0.280 e. The number of thioether (sulfide) groups is 1. The summed E-state index contributed by atoms with van der Waals surface area (Å²) in [6.45, 7) is 0.0191. The number of thiazole rings is 1. The van der Waals surface area contributed by atoms with Gasteiger partial charge in [-0.15, -0.1) is 11.3 Å². The molecule has 3 aromatic rings. The van der Waals surface area contributed by atoms with Gasteiger partial charge in [0.05, 0.1) is 31.7 Å². The van der Waals surface area contributed by atoms with Gasteiger partial charge in [0.1, 0.15) is 6.07 Å². The first-order valence-electron chi connectivity index (χ1n) is 7.37. The summed E-state index contributed by atoms with van der Waals surface area (Å²) in [7, 11) is 0. The number of para-hydroxylation sites is 1. The molecule has 0 unspecified atom stereocenters. The van der Waals surface area contributed by atoms with Crippen molar-refractivity contribution in [3.05, 3.63) is 57.0 Å². The highest BCUT2D eigenvalue weighted by molar-refractivity contribution is 8.05. The van der Waals surface area contributed by atoms with E-state index >= 15 is 0 Å². The number of nitrogens with zero attached hydrogens (tertiary/aromatic N) is 3. The van der Waals surface area contributed by atoms with Crippen molar-refractivity contribution in [2.75, 3.05) is 6.79 Å². The molecular formula is C17H9N3O4S2. The number of aromatic nitrogens is 1. The molecule has 7 nitrogen and oxygen atoms in total. The number of hydrogen-bond acceptors (Lipinski definition) is 8. The van der Waals surface area contributed by atoms with Crippen molar-refractivity contribution in [2.45, 2.75) is 4.34 Å². The molecule has 0 radical (unpaired) electrons. The summed E-state index contributed by atoms with van der Waals surface area (Å²) in [6, 6.07) is 12.6. The Labute approximate surface area is 155 Å². The predicted octanol–water partition coefficient (Wildman–Crippen LogP) is 4.59. The second-order valence-electron chi connectivity index (χ2n) is 5.19. The molecule has 1 aromatic heterocycles. The molecule has 0 aliphatic carbocycles. The van der Waals surface area contributed by atoms with E-state index in [0.29, 0.717) is 20.7 Å². The van der Waals surface area contributed by atoms with Crippen LogP contribution in [-0.2, 0) is 0 Å². The van der Waals surface area contributed by atoms with E-state index in [-0.39, 0.29) is 18.0 Å².